The summed E-state index contributed by atoms with van der Waals surface area (Å²) in [5.41, 5.74) is 2.60. The molecular weight excluding hydrogens is 572 g/mol. The van der Waals surface area contributed by atoms with Gasteiger partial charge in [0, 0.05) is 43.4 Å². The van der Waals surface area contributed by atoms with Gasteiger partial charge in [-0.1, -0.05) is 18.2 Å². The number of fused-ring (bicyclic) bond motifs is 3. The Balaban J connectivity index is 1.58. The molecule has 2 aromatic carbocycles. The first-order chi connectivity index (χ1) is 20.7. The number of nitrogens with two attached hydrogens (primary N) is 1. The van der Waals surface area contributed by atoms with E-state index in [1.165, 1.54) is 4.90 Å². The van der Waals surface area contributed by atoms with Crippen molar-refractivity contribution in [1.29, 1.82) is 0 Å². The Morgan fingerprint density at radius 3 is 2.34 bits per heavy atom. The molecule has 0 fully saturated rings. The molecule has 2 amide bonds. The third kappa shape index (κ3) is 4.64. The lowest BCUT2D eigenvalue weighted by atomic mass is 9.58. The second-order valence-corrected chi connectivity index (χ2v) is 11.7. The predicted octanol–water partition coefficient (Wildman–Crippen LogP) is 1.48. The number of aromatic hydroxyl groups is 1. The van der Waals surface area contributed by atoms with Gasteiger partial charge in [0.15, 0.2) is 11.4 Å². The summed E-state index contributed by atoms with van der Waals surface area (Å²) in [5.74, 6) is -6.95. The maximum Gasteiger partial charge on any atom is 0.412 e. The summed E-state index contributed by atoms with van der Waals surface area (Å²) in [5, 5.41) is 48.1. The number of carbonyl (C=O) groups is 4. The average Bonchev–Trinajstić information content (AvgIpc) is 2.94. The predicted molar refractivity (Wildman–Crippen MR) is 157 cm³/mol. The number of nitrogens with zero attached hydrogens (tertiary/aromatic N) is 2. The normalized spacial score (nSPS) is 24.5. The third-order valence-electron chi connectivity index (χ3n) is 8.64. The summed E-state index contributed by atoms with van der Waals surface area (Å²) < 4.78 is 5.23. The molecule has 0 spiro atoms. The van der Waals surface area contributed by atoms with Crippen LogP contribution in [-0.4, -0.2) is 88.7 Å². The van der Waals surface area contributed by atoms with Crippen LogP contribution in [0.5, 0.6) is 11.5 Å². The molecule has 0 radical (unpaired) electrons. The first-order valence-corrected chi connectivity index (χ1v) is 13.9. The van der Waals surface area contributed by atoms with E-state index in [1.807, 2.05) is 0 Å². The Morgan fingerprint density at radius 1 is 1.09 bits per heavy atom. The molecule has 0 aromatic heterocycles. The molecule has 4 atom stereocenters. The fourth-order valence-electron chi connectivity index (χ4n) is 6.69. The van der Waals surface area contributed by atoms with E-state index in [0.717, 1.165) is 0 Å². The summed E-state index contributed by atoms with van der Waals surface area (Å²) in [6.45, 7) is -0.214. The van der Waals surface area contributed by atoms with Crippen LogP contribution < -0.4 is 20.7 Å². The molecule has 3 aliphatic carbocycles. The van der Waals surface area contributed by atoms with E-state index in [1.54, 1.807) is 69.5 Å². The van der Waals surface area contributed by atoms with Crippen molar-refractivity contribution in [3.8, 4) is 11.5 Å². The number of ketones is 2. The first-order valence-electron chi connectivity index (χ1n) is 13.9. The summed E-state index contributed by atoms with van der Waals surface area (Å²) in [6, 6.07) is 8.91. The molecule has 44 heavy (non-hydrogen) atoms. The minimum absolute atomic E-state index is 0.0198. The summed E-state index contributed by atoms with van der Waals surface area (Å²) in [7, 11) is 6.63. The molecule has 0 bridgehead atoms. The first kappa shape index (κ1) is 30.6. The molecular formula is C31H34N4O9. The maximum absolute atomic E-state index is 14.1. The van der Waals surface area contributed by atoms with Gasteiger partial charge in [0.05, 0.1) is 11.6 Å². The van der Waals surface area contributed by atoms with E-state index in [-0.39, 0.29) is 36.1 Å². The van der Waals surface area contributed by atoms with Gasteiger partial charge in [-0.3, -0.25) is 19.3 Å². The van der Waals surface area contributed by atoms with Gasteiger partial charge in [0.25, 0.3) is 5.91 Å². The van der Waals surface area contributed by atoms with Gasteiger partial charge in [0.1, 0.15) is 28.6 Å². The van der Waals surface area contributed by atoms with Crippen LogP contribution in [0.3, 0.4) is 0 Å². The number of carbonyl (C=O) groups excluding carboxylic acids is 4. The number of primary amides is 1. The van der Waals surface area contributed by atoms with Crippen molar-refractivity contribution in [2.45, 2.75) is 31.0 Å². The van der Waals surface area contributed by atoms with Crippen molar-refractivity contribution in [2.24, 2.45) is 17.6 Å². The minimum atomic E-state index is -2.73. The second-order valence-electron chi connectivity index (χ2n) is 11.7. The van der Waals surface area contributed by atoms with Crippen LogP contribution in [0, 0.1) is 11.8 Å². The van der Waals surface area contributed by atoms with Crippen molar-refractivity contribution in [1.82, 2.24) is 10.2 Å². The molecule has 0 saturated heterocycles. The fraction of sp³-hybridized carbons (Fsp3) is 0.355. The Hall–Kier alpha value is -4.88. The Labute approximate surface area is 252 Å². The topological polar surface area (TPSA) is 203 Å². The number of aliphatic hydroxyl groups excluding tert-OH is 2. The van der Waals surface area contributed by atoms with E-state index >= 15 is 0 Å². The minimum Gasteiger partial charge on any atom is -0.510 e. The number of para-hydroxylation sites is 1. The zero-order valence-corrected chi connectivity index (χ0v) is 24.6. The highest BCUT2D eigenvalue weighted by molar-refractivity contribution is 6.25. The van der Waals surface area contributed by atoms with Crippen LogP contribution in [-0.2, 0) is 22.6 Å². The standard InChI is InChI=1S/C31H34N4O9/c1-34(2)19-12-15(13-33-30(42)44-16-8-6-5-7-9-16)24(36)21-17(19)10-14-11-18-23(35(3)4)26(38)22(29(32)41)28(40)31(18,43)27(39)20(14)25(21)37/h5-9,12,14,18,23,36,38-39,43H,10-11,13H2,1-4H3,(H2,32,41)(H,33,42)/t14-,18-,23?,31-/m0/s1. The molecule has 0 saturated carbocycles. The van der Waals surface area contributed by atoms with E-state index in [9.17, 15) is 39.6 Å². The van der Waals surface area contributed by atoms with E-state index in [0.29, 0.717) is 17.0 Å². The largest absolute Gasteiger partial charge is 0.510 e. The van der Waals surface area contributed by atoms with Crippen LogP contribution in [0.15, 0.2) is 59.1 Å². The number of phenolic OH excluding ortho intramolecular Hbond substituents is 1. The number of likely N-dealkylation sites (N-methyl/N-ethyl adjacent to an activating group) is 1. The molecule has 0 aliphatic heterocycles. The van der Waals surface area contributed by atoms with Gasteiger partial charge in [0.2, 0.25) is 5.78 Å². The SMILES string of the molecule is CN(C)c1cc(CNC(=O)Oc2ccccc2)c(O)c2c1C[C@H]1C[C@H]3C(N(C)C)C(O)=C(C(N)=O)C(=O)[C@@]3(O)C(O)=C1C2=O. The number of phenols is 1. The highest BCUT2D eigenvalue weighted by atomic mass is 16.6. The van der Waals surface area contributed by atoms with Crippen LogP contribution >= 0.6 is 0 Å². The number of anilines is 1. The number of allylic oxidation sites excluding steroid dienone is 1. The molecule has 3 aliphatic rings. The van der Waals surface area contributed by atoms with Gasteiger partial charge in [-0.25, -0.2) is 4.79 Å². The zero-order valence-electron chi connectivity index (χ0n) is 24.6. The third-order valence-corrected chi connectivity index (χ3v) is 8.64. The Bertz CT molecular complexity index is 1650. The van der Waals surface area contributed by atoms with Crippen LogP contribution in [0.1, 0.15) is 27.9 Å². The highest BCUT2D eigenvalue weighted by Gasteiger charge is 2.63. The van der Waals surface area contributed by atoms with Crippen LogP contribution in [0.4, 0.5) is 10.5 Å². The molecule has 5 rings (SSSR count). The van der Waals surface area contributed by atoms with Gasteiger partial charge in [-0.05, 0) is 56.6 Å². The van der Waals surface area contributed by atoms with E-state index < -0.39 is 69.9 Å². The van der Waals surface area contributed by atoms with Gasteiger partial charge < -0.3 is 41.1 Å². The van der Waals surface area contributed by atoms with Gasteiger partial charge >= 0.3 is 6.09 Å². The van der Waals surface area contributed by atoms with Crippen molar-refractivity contribution < 1.29 is 44.3 Å². The fourth-order valence-corrected chi connectivity index (χ4v) is 6.69. The number of nitrogens with one attached hydrogen (secondary N) is 1. The smallest absolute Gasteiger partial charge is 0.412 e. The molecule has 13 heteroatoms. The van der Waals surface area contributed by atoms with Crippen LogP contribution in [0.25, 0.3) is 0 Å². The summed E-state index contributed by atoms with van der Waals surface area (Å²) in [6.07, 6.45) is -0.673. The second kappa shape index (κ2) is 11.0. The monoisotopic (exact) mass is 606 g/mol. The number of benzene rings is 2. The lowest BCUT2D eigenvalue weighted by Crippen LogP contribution is -2.63. The van der Waals surface area contributed by atoms with Crippen molar-refractivity contribution >= 4 is 29.3 Å². The average molecular weight is 607 g/mol. The molecule has 0 heterocycles. The Morgan fingerprint density at radius 2 is 1.75 bits per heavy atom. The number of rotatable bonds is 6. The molecule has 2 aromatic rings. The lowest BCUT2D eigenvalue weighted by molar-refractivity contribution is -0.148. The van der Waals surface area contributed by atoms with E-state index in [2.05, 4.69) is 5.32 Å². The summed E-state index contributed by atoms with van der Waals surface area (Å²) >= 11 is 0. The Kier molecular flexibility index (Phi) is 7.64. The molecule has 13 nitrogen and oxygen atoms in total. The van der Waals surface area contributed by atoms with Crippen molar-refractivity contribution in [3.63, 3.8) is 0 Å². The molecule has 232 valence electrons. The van der Waals surface area contributed by atoms with Gasteiger partial charge in [-0.15, -0.1) is 0 Å². The molecule has 7 N–H and O–H groups in total. The number of hydrogen-bond donors (Lipinski definition) is 6. The number of amides is 2. The highest BCUT2D eigenvalue weighted by Crippen LogP contribution is 2.53. The lowest BCUT2D eigenvalue weighted by Gasteiger charge is -2.50. The number of aliphatic hydroxyl groups is 3. The number of hydrogen-bond acceptors (Lipinski definition) is 11. The van der Waals surface area contributed by atoms with Crippen molar-refractivity contribution in [3.05, 3.63) is 75.8 Å². The van der Waals surface area contributed by atoms with Crippen LogP contribution in [0.2, 0.25) is 0 Å². The zero-order chi connectivity index (χ0) is 32.2. The summed E-state index contributed by atoms with van der Waals surface area (Å²) in [4.78, 5) is 55.4. The quantitative estimate of drug-likeness (QED) is 0.260. The van der Waals surface area contributed by atoms with Crippen molar-refractivity contribution in [2.75, 3.05) is 33.1 Å². The van der Waals surface area contributed by atoms with E-state index in [4.69, 9.17) is 10.5 Å². The maximum atomic E-state index is 14.1. The number of Topliss-reactive ketones (excluding diaryl/α,β-unsaturated/α-hetero) is 2. The molecule has 1 unspecified atom stereocenters. The number of ether oxygens (including phenoxy) is 1. The van der Waals surface area contributed by atoms with Gasteiger partial charge in [-0.2, -0.15) is 0 Å².